The van der Waals surface area contributed by atoms with Crippen LogP contribution in [0.15, 0.2) is 72.8 Å². The minimum Gasteiger partial charge on any atom is -0.399 e. The van der Waals surface area contributed by atoms with Gasteiger partial charge in [0.25, 0.3) is 11.8 Å². The Balaban J connectivity index is 1.54. The van der Waals surface area contributed by atoms with Crippen molar-refractivity contribution in [3.05, 3.63) is 78.4 Å². The summed E-state index contributed by atoms with van der Waals surface area (Å²) in [5.74, 6) is -2.94. The van der Waals surface area contributed by atoms with Crippen LogP contribution in [0, 0.1) is 0 Å². The molecule has 1 aliphatic heterocycles. The highest BCUT2D eigenvalue weighted by atomic mass is 19.3. The SMILES string of the molecule is Nc1ccc(-c2ccccc2)c(NC(=O)c2ccc(N3CCC(F)(F)C3)cc2)c1. The van der Waals surface area contributed by atoms with E-state index in [9.17, 15) is 13.6 Å². The van der Waals surface area contributed by atoms with Gasteiger partial charge in [0.15, 0.2) is 0 Å². The molecular weight excluding hydrogens is 372 g/mol. The van der Waals surface area contributed by atoms with E-state index >= 15 is 0 Å². The van der Waals surface area contributed by atoms with Crippen LogP contribution < -0.4 is 16.0 Å². The molecule has 1 saturated heterocycles. The number of carbonyl (C=O) groups is 1. The Morgan fingerprint density at radius 1 is 1.00 bits per heavy atom. The molecule has 0 spiro atoms. The number of nitrogens with two attached hydrogens (primary N) is 1. The number of alkyl halides is 2. The third kappa shape index (κ3) is 4.21. The second kappa shape index (κ2) is 7.54. The molecule has 0 atom stereocenters. The molecule has 0 bridgehead atoms. The Hall–Kier alpha value is -3.41. The molecule has 6 heteroatoms. The summed E-state index contributed by atoms with van der Waals surface area (Å²) >= 11 is 0. The minimum absolute atomic E-state index is 0.146. The zero-order valence-corrected chi connectivity index (χ0v) is 15.7. The highest BCUT2D eigenvalue weighted by molar-refractivity contribution is 6.06. The lowest BCUT2D eigenvalue weighted by atomic mass is 10.0. The fraction of sp³-hybridized carbons (Fsp3) is 0.174. The fourth-order valence-electron chi connectivity index (χ4n) is 3.51. The zero-order valence-electron chi connectivity index (χ0n) is 15.7. The third-order valence-electron chi connectivity index (χ3n) is 5.04. The van der Waals surface area contributed by atoms with Gasteiger partial charge in [-0.25, -0.2) is 8.78 Å². The van der Waals surface area contributed by atoms with E-state index < -0.39 is 5.92 Å². The quantitative estimate of drug-likeness (QED) is 0.611. The Morgan fingerprint density at radius 2 is 1.72 bits per heavy atom. The van der Waals surface area contributed by atoms with E-state index in [1.807, 2.05) is 36.4 Å². The van der Waals surface area contributed by atoms with Crippen LogP contribution in [0.2, 0.25) is 0 Å². The average molecular weight is 393 g/mol. The number of carbonyl (C=O) groups excluding carboxylic acids is 1. The Kier molecular flexibility index (Phi) is 4.92. The molecule has 148 valence electrons. The van der Waals surface area contributed by atoms with Crippen molar-refractivity contribution >= 4 is 23.0 Å². The minimum atomic E-state index is -2.66. The van der Waals surface area contributed by atoms with Crippen molar-refractivity contribution in [1.29, 1.82) is 0 Å². The van der Waals surface area contributed by atoms with Crippen LogP contribution in [0.3, 0.4) is 0 Å². The van der Waals surface area contributed by atoms with Gasteiger partial charge in [-0.15, -0.1) is 0 Å². The van der Waals surface area contributed by atoms with Gasteiger partial charge in [-0.2, -0.15) is 0 Å². The number of nitrogen functional groups attached to an aromatic ring is 1. The van der Waals surface area contributed by atoms with Crippen LogP contribution in [0.1, 0.15) is 16.8 Å². The normalized spacial score (nSPS) is 15.3. The first-order valence-corrected chi connectivity index (χ1v) is 9.40. The molecule has 29 heavy (non-hydrogen) atoms. The molecule has 1 aliphatic rings. The number of anilines is 3. The molecule has 1 heterocycles. The molecule has 3 N–H and O–H groups in total. The smallest absolute Gasteiger partial charge is 0.266 e. The second-order valence-electron chi connectivity index (χ2n) is 7.20. The molecular formula is C23H21F2N3O. The first-order valence-electron chi connectivity index (χ1n) is 9.40. The van der Waals surface area contributed by atoms with Crippen molar-refractivity contribution in [2.24, 2.45) is 0 Å². The van der Waals surface area contributed by atoms with Crippen molar-refractivity contribution in [1.82, 2.24) is 0 Å². The highest BCUT2D eigenvalue weighted by Gasteiger charge is 2.38. The number of amides is 1. The first kappa shape index (κ1) is 18.9. The van der Waals surface area contributed by atoms with Gasteiger partial charge in [0.05, 0.1) is 12.2 Å². The monoisotopic (exact) mass is 393 g/mol. The van der Waals surface area contributed by atoms with Crippen molar-refractivity contribution in [3.63, 3.8) is 0 Å². The second-order valence-corrected chi connectivity index (χ2v) is 7.20. The van der Waals surface area contributed by atoms with E-state index in [-0.39, 0.29) is 18.9 Å². The largest absolute Gasteiger partial charge is 0.399 e. The van der Waals surface area contributed by atoms with Gasteiger partial charge in [0.1, 0.15) is 0 Å². The van der Waals surface area contributed by atoms with Crippen molar-refractivity contribution in [2.45, 2.75) is 12.3 Å². The first-order chi connectivity index (χ1) is 13.9. The van der Waals surface area contributed by atoms with Gasteiger partial charge in [0.2, 0.25) is 0 Å². The predicted molar refractivity (Wildman–Crippen MR) is 112 cm³/mol. The maximum atomic E-state index is 13.4. The lowest BCUT2D eigenvalue weighted by molar-refractivity contribution is 0.0257. The number of halogens is 2. The van der Waals surface area contributed by atoms with E-state index in [0.29, 0.717) is 29.2 Å². The van der Waals surface area contributed by atoms with Gasteiger partial charge in [-0.3, -0.25) is 4.79 Å². The zero-order chi connectivity index (χ0) is 20.4. The molecule has 0 saturated carbocycles. The Bertz CT molecular complexity index is 1020. The molecule has 0 aromatic heterocycles. The summed E-state index contributed by atoms with van der Waals surface area (Å²) in [6, 6.07) is 21.8. The van der Waals surface area contributed by atoms with Crippen LogP contribution >= 0.6 is 0 Å². The van der Waals surface area contributed by atoms with E-state index in [4.69, 9.17) is 5.73 Å². The number of nitrogens with zero attached hydrogens (tertiary/aromatic N) is 1. The summed E-state index contributed by atoms with van der Waals surface area (Å²) in [5.41, 5.74) is 10.0. The van der Waals surface area contributed by atoms with Crippen LogP contribution in [-0.2, 0) is 0 Å². The van der Waals surface area contributed by atoms with Gasteiger partial charge < -0.3 is 16.0 Å². The van der Waals surface area contributed by atoms with Crippen molar-refractivity contribution in [3.8, 4) is 11.1 Å². The summed E-state index contributed by atoms with van der Waals surface area (Å²) < 4.78 is 26.8. The molecule has 1 fully saturated rings. The molecule has 0 unspecified atom stereocenters. The topological polar surface area (TPSA) is 58.4 Å². The Labute approximate surface area is 168 Å². The maximum absolute atomic E-state index is 13.4. The maximum Gasteiger partial charge on any atom is 0.266 e. The predicted octanol–water partition coefficient (Wildman–Crippen LogP) is 5.03. The summed E-state index contributed by atoms with van der Waals surface area (Å²) in [4.78, 5) is 14.4. The lowest BCUT2D eigenvalue weighted by Gasteiger charge is -2.18. The fourth-order valence-corrected chi connectivity index (χ4v) is 3.51. The highest BCUT2D eigenvalue weighted by Crippen LogP contribution is 2.32. The summed E-state index contributed by atoms with van der Waals surface area (Å²) in [7, 11) is 0. The number of rotatable bonds is 4. The van der Waals surface area contributed by atoms with Crippen molar-refractivity contribution < 1.29 is 13.6 Å². The summed E-state index contributed by atoms with van der Waals surface area (Å²) in [5, 5.41) is 2.92. The molecule has 4 rings (SSSR count). The number of benzene rings is 3. The summed E-state index contributed by atoms with van der Waals surface area (Å²) in [6.07, 6.45) is -0.146. The van der Waals surface area contributed by atoms with Crippen LogP contribution in [0.5, 0.6) is 0 Å². The van der Waals surface area contributed by atoms with E-state index in [0.717, 1.165) is 11.1 Å². The lowest BCUT2D eigenvalue weighted by Crippen LogP contribution is -2.24. The molecule has 0 radical (unpaired) electrons. The number of hydrogen-bond acceptors (Lipinski definition) is 3. The van der Waals surface area contributed by atoms with Crippen LogP contribution in [0.25, 0.3) is 11.1 Å². The molecule has 0 aliphatic carbocycles. The van der Waals surface area contributed by atoms with E-state index in [1.54, 1.807) is 41.3 Å². The van der Waals surface area contributed by atoms with Crippen molar-refractivity contribution in [2.75, 3.05) is 29.0 Å². The molecule has 4 nitrogen and oxygen atoms in total. The third-order valence-corrected chi connectivity index (χ3v) is 5.04. The standard InChI is InChI=1S/C23H21F2N3O/c24-23(25)12-13-28(15-23)19-9-6-17(7-10-19)22(29)27-21-14-18(26)8-11-20(21)16-4-2-1-3-5-16/h1-11,14H,12-13,15,26H2,(H,27,29). The number of nitrogens with one attached hydrogen (secondary N) is 1. The average Bonchev–Trinajstić information content (AvgIpc) is 3.09. The van der Waals surface area contributed by atoms with E-state index in [1.165, 1.54) is 0 Å². The van der Waals surface area contributed by atoms with Gasteiger partial charge in [-0.05, 0) is 42.0 Å². The van der Waals surface area contributed by atoms with Crippen LogP contribution in [-0.4, -0.2) is 24.9 Å². The van der Waals surface area contributed by atoms with Gasteiger partial charge in [-0.1, -0.05) is 36.4 Å². The molecule has 1 amide bonds. The Morgan fingerprint density at radius 3 is 2.38 bits per heavy atom. The molecule has 3 aromatic rings. The van der Waals surface area contributed by atoms with E-state index in [2.05, 4.69) is 5.32 Å². The van der Waals surface area contributed by atoms with Crippen LogP contribution in [0.4, 0.5) is 25.8 Å². The van der Waals surface area contributed by atoms with Gasteiger partial charge >= 0.3 is 0 Å². The van der Waals surface area contributed by atoms with Gasteiger partial charge in [0, 0.05) is 35.5 Å². The summed E-state index contributed by atoms with van der Waals surface area (Å²) in [6.45, 7) is 0.0184. The molecule has 3 aromatic carbocycles. The number of hydrogen-bond donors (Lipinski definition) is 2.